The Morgan fingerprint density at radius 3 is 3.09 bits per heavy atom. The quantitative estimate of drug-likeness (QED) is 0.940. The van der Waals surface area contributed by atoms with Gasteiger partial charge in [-0.2, -0.15) is 5.10 Å². The van der Waals surface area contributed by atoms with E-state index < -0.39 is 0 Å². The highest BCUT2D eigenvalue weighted by Crippen LogP contribution is 2.26. The van der Waals surface area contributed by atoms with Crippen LogP contribution in [0.5, 0.6) is 0 Å². The third kappa shape index (κ3) is 3.03. The van der Waals surface area contributed by atoms with E-state index in [1.807, 2.05) is 6.92 Å². The third-order valence-corrected chi connectivity index (χ3v) is 3.62. The van der Waals surface area contributed by atoms with Crippen LogP contribution in [0.3, 0.4) is 0 Å². The molecule has 3 rings (SSSR count). The fourth-order valence-corrected chi connectivity index (χ4v) is 2.50. The van der Waals surface area contributed by atoms with Crippen LogP contribution in [0.25, 0.3) is 0 Å². The largest absolute Gasteiger partial charge is 0.367 e. The van der Waals surface area contributed by atoms with Crippen LogP contribution in [0.4, 0.5) is 5.69 Å². The van der Waals surface area contributed by atoms with Crippen LogP contribution in [-0.2, 0) is 22.7 Å². The number of rotatable bonds is 3. The molecule has 0 saturated heterocycles. The second kappa shape index (κ2) is 5.90. The number of anilines is 1. The van der Waals surface area contributed by atoms with Gasteiger partial charge in [0.05, 0.1) is 18.4 Å². The van der Waals surface area contributed by atoms with E-state index in [9.17, 15) is 9.59 Å². The number of benzene rings is 1. The first kappa shape index (κ1) is 14.7. The number of carbonyl (C=O) groups excluding carboxylic acids is 1. The molecule has 6 nitrogen and oxygen atoms in total. The molecule has 0 spiro atoms. The molecule has 0 aliphatic carbocycles. The zero-order valence-electron chi connectivity index (χ0n) is 11.9. The molecular formula is C15H14ClN3O3. The fraction of sp³-hybridized carbons (Fsp3) is 0.267. The van der Waals surface area contributed by atoms with E-state index in [2.05, 4.69) is 10.4 Å². The molecule has 0 radical (unpaired) electrons. The Balaban J connectivity index is 1.77. The average molecular weight is 320 g/mol. The van der Waals surface area contributed by atoms with Gasteiger partial charge >= 0.3 is 0 Å². The highest BCUT2D eigenvalue weighted by molar-refractivity contribution is 6.30. The highest BCUT2D eigenvalue weighted by Gasteiger charge is 2.23. The van der Waals surface area contributed by atoms with Gasteiger partial charge in [-0.3, -0.25) is 9.59 Å². The van der Waals surface area contributed by atoms with Crippen molar-refractivity contribution < 1.29 is 9.53 Å². The lowest BCUT2D eigenvalue weighted by Gasteiger charge is -2.09. The summed E-state index contributed by atoms with van der Waals surface area (Å²) in [6.07, 6.45) is -0.169. The molecule has 1 aromatic carbocycles. The number of hydrogen-bond donors (Lipinski definition) is 1. The van der Waals surface area contributed by atoms with Crippen LogP contribution in [0.2, 0.25) is 5.02 Å². The lowest BCUT2D eigenvalue weighted by Crippen LogP contribution is -2.30. The molecule has 2 heterocycles. The first-order valence-electron chi connectivity index (χ1n) is 6.81. The number of fused-ring (bicyclic) bond motifs is 1. The van der Waals surface area contributed by atoms with E-state index in [1.54, 1.807) is 24.3 Å². The number of halogens is 1. The Morgan fingerprint density at radius 2 is 2.32 bits per heavy atom. The maximum absolute atomic E-state index is 12.0. The minimum Gasteiger partial charge on any atom is -0.367 e. The van der Waals surface area contributed by atoms with Gasteiger partial charge in [-0.15, -0.1) is 0 Å². The number of hydrogen-bond acceptors (Lipinski definition) is 4. The van der Waals surface area contributed by atoms with Crippen LogP contribution in [0.1, 0.15) is 24.3 Å². The van der Waals surface area contributed by atoms with Crippen LogP contribution < -0.4 is 10.9 Å². The van der Waals surface area contributed by atoms with Gasteiger partial charge in [0.25, 0.3) is 5.56 Å². The van der Waals surface area contributed by atoms with E-state index in [4.69, 9.17) is 16.3 Å². The average Bonchev–Trinajstić information content (AvgIpc) is 2.80. The topological polar surface area (TPSA) is 73.2 Å². The Hall–Kier alpha value is -2.18. The van der Waals surface area contributed by atoms with E-state index in [-0.39, 0.29) is 24.1 Å². The molecule has 1 N–H and O–H groups in total. The van der Waals surface area contributed by atoms with Crippen molar-refractivity contribution in [2.24, 2.45) is 0 Å². The van der Waals surface area contributed by atoms with Gasteiger partial charge < -0.3 is 10.1 Å². The summed E-state index contributed by atoms with van der Waals surface area (Å²) in [6, 6.07) is 8.27. The predicted molar refractivity (Wildman–Crippen MR) is 81.8 cm³/mol. The van der Waals surface area contributed by atoms with Gasteiger partial charge in [-0.1, -0.05) is 17.7 Å². The molecule has 7 heteroatoms. The Morgan fingerprint density at radius 1 is 1.50 bits per heavy atom. The van der Waals surface area contributed by atoms with Crippen LogP contribution >= 0.6 is 11.6 Å². The normalized spacial score (nSPS) is 16.4. The smallest absolute Gasteiger partial charge is 0.267 e. The van der Waals surface area contributed by atoms with Crippen molar-refractivity contribution in [2.45, 2.75) is 26.2 Å². The monoisotopic (exact) mass is 319 g/mol. The van der Waals surface area contributed by atoms with Crippen molar-refractivity contribution in [1.29, 1.82) is 0 Å². The Kier molecular flexibility index (Phi) is 3.96. The minimum absolute atomic E-state index is 0.161. The molecule has 0 fully saturated rings. The van der Waals surface area contributed by atoms with Crippen LogP contribution in [0.15, 0.2) is 35.1 Å². The summed E-state index contributed by atoms with van der Waals surface area (Å²) in [5, 5.41) is 7.43. The van der Waals surface area contributed by atoms with Crippen molar-refractivity contribution in [2.75, 3.05) is 5.32 Å². The first-order chi connectivity index (χ1) is 10.5. The van der Waals surface area contributed by atoms with Gasteiger partial charge in [-0.05, 0) is 25.1 Å². The third-order valence-electron chi connectivity index (χ3n) is 3.39. The lowest BCUT2D eigenvalue weighted by molar-refractivity contribution is -0.117. The molecule has 1 aliphatic rings. The number of amides is 1. The number of nitrogens with zero attached hydrogens (tertiary/aromatic N) is 2. The number of carbonyl (C=O) groups is 1. The van der Waals surface area contributed by atoms with Crippen LogP contribution in [0, 0.1) is 0 Å². The van der Waals surface area contributed by atoms with Crippen molar-refractivity contribution >= 4 is 23.2 Å². The van der Waals surface area contributed by atoms with Gasteiger partial charge in [0, 0.05) is 22.3 Å². The minimum atomic E-state index is -0.344. The van der Waals surface area contributed by atoms with Gasteiger partial charge in [0.15, 0.2) is 0 Å². The maximum Gasteiger partial charge on any atom is 0.267 e. The molecule has 2 aromatic rings. The summed E-state index contributed by atoms with van der Waals surface area (Å²) in [7, 11) is 0. The second-order valence-corrected chi connectivity index (χ2v) is 5.50. The molecule has 0 saturated carbocycles. The molecule has 22 heavy (non-hydrogen) atoms. The van der Waals surface area contributed by atoms with Gasteiger partial charge in [0.2, 0.25) is 5.91 Å². The summed E-state index contributed by atoms with van der Waals surface area (Å²) >= 11 is 5.86. The molecule has 1 unspecified atom stereocenters. The van der Waals surface area contributed by atoms with Crippen molar-refractivity contribution in [3.8, 4) is 0 Å². The molecule has 1 atom stereocenters. The summed E-state index contributed by atoms with van der Waals surface area (Å²) in [6.45, 7) is 2.08. The standard InChI is InChI=1S/C15H14ClN3O3/c1-9-15-10(8-22-9)5-14(21)19(18-15)7-13(20)17-12-4-2-3-11(16)6-12/h2-6,9H,7-8H2,1H3,(H,17,20). The zero-order chi connectivity index (χ0) is 15.7. The van der Waals surface area contributed by atoms with Crippen molar-refractivity contribution in [1.82, 2.24) is 9.78 Å². The molecule has 0 bridgehead atoms. The summed E-state index contributed by atoms with van der Waals surface area (Å²) in [5.41, 5.74) is 1.74. The molecule has 1 amide bonds. The van der Waals surface area contributed by atoms with E-state index in [1.165, 1.54) is 6.07 Å². The first-order valence-corrected chi connectivity index (χ1v) is 7.18. The number of aromatic nitrogens is 2. The Labute approximate surface area is 131 Å². The summed E-state index contributed by atoms with van der Waals surface area (Å²) in [5.74, 6) is -0.344. The molecular weight excluding hydrogens is 306 g/mol. The Bertz CT molecular complexity index is 788. The highest BCUT2D eigenvalue weighted by atomic mass is 35.5. The predicted octanol–water partition coefficient (Wildman–Crippen LogP) is 2.13. The van der Waals surface area contributed by atoms with Gasteiger partial charge in [-0.25, -0.2) is 4.68 Å². The maximum atomic E-state index is 12.0. The fourth-order valence-electron chi connectivity index (χ4n) is 2.31. The SMILES string of the molecule is CC1OCc2cc(=O)n(CC(=O)Nc3cccc(Cl)c3)nc21. The molecule has 1 aromatic heterocycles. The second-order valence-electron chi connectivity index (χ2n) is 5.06. The summed E-state index contributed by atoms with van der Waals surface area (Å²) in [4.78, 5) is 24.0. The van der Waals surface area contributed by atoms with E-state index in [0.717, 1.165) is 10.2 Å². The number of nitrogens with one attached hydrogen (secondary N) is 1. The molecule has 1 aliphatic heterocycles. The summed E-state index contributed by atoms with van der Waals surface area (Å²) < 4.78 is 6.56. The lowest BCUT2D eigenvalue weighted by atomic mass is 10.2. The van der Waals surface area contributed by atoms with E-state index in [0.29, 0.717) is 23.0 Å². The van der Waals surface area contributed by atoms with Crippen LogP contribution in [-0.4, -0.2) is 15.7 Å². The van der Waals surface area contributed by atoms with Crippen molar-refractivity contribution in [3.05, 3.63) is 57.0 Å². The van der Waals surface area contributed by atoms with Crippen molar-refractivity contribution in [3.63, 3.8) is 0 Å². The zero-order valence-corrected chi connectivity index (χ0v) is 12.6. The van der Waals surface area contributed by atoms with Gasteiger partial charge in [0.1, 0.15) is 6.54 Å². The molecule has 114 valence electrons. The van der Waals surface area contributed by atoms with E-state index >= 15 is 0 Å². The number of ether oxygens (including phenoxy) is 1.